The Morgan fingerprint density at radius 3 is 2.37 bits per heavy atom. The van der Waals surface area contributed by atoms with Crippen LogP contribution in [0.1, 0.15) is 56.7 Å². The fourth-order valence-corrected chi connectivity index (χ4v) is 5.79. The summed E-state index contributed by atoms with van der Waals surface area (Å²) in [6.07, 6.45) is 9.53. The molecule has 1 aliphatic carbocycles. The number of rotatable bonds is 4. The maximum atomic E-state index is 13.1. The number of nitrogens with zero attached hydrogens (tertiary/aromatic N) is 6. The molecule has 0 N–H and O–H groups in total. The van der Waals surface area contributed by atoms with Crippen LogP contribution in [0.2, 0.25) is 0 Å². The standard InChI is InChI=1S/C27H34N6O2/c34-27(21-7-3-1-4-8-21)32-15-13-31(14-16-32)25-23-19-28-33(22-9-5-2-6-10-22)26(23)30-24(29-25)20-11-17-35-18-12-20/h2,5-6,9-10,19-21H,1,3-4,7-8,11-18H2. The second-order valence-corrected chi connectivity index (χ2v) is 10.1. The number of carbonyl (C=O) groups is 1. The SMILES string of the molecule is O=C(C1CCCCC1)N1CCN(c2nc(C3CCOCC3)nc3c2cnn3-c2ccccc2)CC1. The summed E-state index contributed by atoms with van der Waals surface area (Å²) >= 11 is 0. The van der Waals surface area contributed by atoms with Crippen LogP contribution in [-0.2, 0) is 9.53 Å². The molecule has 0 atom stereocenters. The van der Waals surface area contributed by atoms with Crippen molar-refractivity contribution in [2.24, 2.45) is 5.92 Å². The maximum absolute atomic E-state index is 13.1. The minimum absolute atomic E-state index is 0.227. The topological polar surface area (TPSA) is 76.4 Å². The zero-order valence-electron chi connectivity index (χ0n) is 20.3. The summed E-state index contributed by atoms with van der Waals surface area (Å²) < 4.78 is 7.52. The van der Waals surface area contributed by atoms with E-state index in [9.17, 15) is 4.79 Å². The quantitative estimate of drug-likeness (QED) is 0.570. The highest BCUT2D eigenvalue weighted by molar-refractivity contribution is 5.88. The van der Waals surface area contributed by atoms with Crippen LogP contribution in [-0.4, -0.2) is 69.9 Å². The van der Waals surface area contributed by atoms with Gasteiger partial charge >= 0.3 is 0 Å². The predicted octanol–water partition coefficient (Wildman–Crippen LogP) is 3.94. The first-order valence-corrected chi connectivity index (χ1v) is 13.2. The van der Waals surface area contributed by atoms with Crippen LogP contribution in [0.4, 0.5) is 5.82 Å². The molecule has 1 saturated carbocycles. The molecule has 2 aromatic heterocycles. The van der Waals surface area contributed by atoms with E-state index in [1.807, 2.05) is 29.1 Å². The van der Waals surface area contributed by atoms with Crippen molar-refractivity contribution in [3.05, 3.63) is 42.4 Å². The number of hydrogen-bond donors (Lipinski definition) is 0. The third-order valence-corrected chi connectivity index (χ3v) is 7.86. The van der Waals surface area contributed by atoms with Crippen molar-refractivity contribution in [1.82, 2.24) is 24.6 Å². The Kier molecular flexibility index (Phi) is 6.37. The number of benzene rings is 1. The van der Waals surface area contributed by atoms with E-state index in [-0.39, 0.29) is 5.92 Å². The van der Waals surface area contributed by atoms with Gasteiger partial charge in [0.15, 0.2) is 5.65 Å². The Bertz CT molecular complexity index is 1160. The van der Waals surface area contributed by atoms with E-state index >= 15 is 0 Å². The summed E-state index contributed by atoms with van der Waals surface area (Å²) in [6.45, 7) is 4.58. The van der Waals surface area contributed by atoms with Gasteiger partial charge in [-0.1, -0.05) is 37.5 Å². The fourth-order valence-electron chi connectivity index (χ4n) is 5.79. The van der Waals surface area contributed by atoms with Gasteiger partial charge in [0.1, 0.15) is 11.6 Å². The van der Waals surface area contributed by atoms with E-state index in [4.69, 9.17) is 19.8 Å². The van der Waals surface area contributed by atoms with E-state index in [0.29, 0.717) is 11.8 Å². The molecule has 8 heteroatoms. The predicted molar refractivity (Wildman–Crippen MR) is 135 cm³/mol. The monoisotopic (exact) mass is 474 g/mol. The lowest BCUT2D eigenvalue weighted by Gasteiger charge is -2.38. The van der Waals surface area contributed by atoms with Crippen molar-refractivity contribution >= 4 is 22.8 Å². The van der Waals surface area contributed by atoms with Gasteiger partial charge in [-0.3, -0.25) is 4.79 Å². The molecule has 0 spiro atoms. The molecule has 0 bridgehead atoms. The third-order valence-electron chi connectivity index (χ3n) is 7.86. The molecule has 2 aliphatic heterocycles. The third kappa shape index (κ3) is 4.51. The summed E-state index contributed by atoms with van der Waals surface area (Å²) in [5.74, 6) is 2.71. The number of anilines is 1. The lowest BCUT2D eigenvalue weighted by atomic mass is 9.88. The molecule has 35 heavy (non-hydrogen) atoms. The summed E-state index contributed by atoms with van der Waals surface area (Å²) in [6, 6.07) is 10.2. The molecule has 1 amide bonds. The first-order valence-electron chi connectivity index (χ1n) is 13.2. The van der Waals surface area contributed by atoms with Crippen molar-refractivity contribution < 1.29 is 9.53 Å². The number of amides is 1. The normalized spacial score (nSPS) is 20.5. The van der Waals surface area contributed by atoms with Gasteiger partial charge in [0.2, 0.25) is 5.91 Å². The highest BCUT2D eigenvalue weighted by Crippen LogP contribution is 2.32. The zero-order valence-corrected chi connectivity index (χ0v) is 20.3. The highest BCUT2D eigenvalue weighted by Gasteiger charge is 2.30. The van der Waals surface area contributed by atoms with Crippen LogP contribution in [0, 0.1) is 5.92 Å². The van der Waals surface area contributed by atoms with Gasteiger partial charge in [-0.15, -0.1) is 0 Å². The van der Waals surface area contributed by atoms with Crippen molar-refractivity contribution in [3.63, 3.8) is 0 Å². The first-order chi connectivity index (χ1) is 17.3. The minimum Gasteiger partial charge on any atom is -0.381 e. The van der Waals surface area contributed by atoms with Gasteiger partial charge in [-0.25, -0.2) is 14.6 Å². The number of aromatic nitrogens is 4. The van der Waals surface area contributed by atoms with Crippen LogP contribution in [0.25, 0.3) is 16.7 Å². The molecule has 0 unspecified atom stereocenters. The first kappa shape index (κ1) is 22.5. The molecular weight excluding hydrogens is 440 g/mol. The molecule has 0 radical (unpaired) electrons. The van der Waals surface area contributed by atoms with Gasteiger partial charge in [-0.05, 0) is 37.8 Å². The summed E-state index contributed by atoms with van der Waals surface area (Å²) in [5, 5.41) is 5.68. The van der Waals surface area contributed by atoms with Crippen molar-refractivity contribution in [3.8, 4) is 5.69 Å². The van der Waals surface area contributed by atoms with E-state index in [0.717, 1.165) is 93.4 Å². The highest BCUT2D eigenvalue weighted by atomic mass is 16.5. The van der Waals surface area contributed by atoms with E-state index in [1.165, 1.54) is 19.3 Å². The van der Waals surface area contributed by atoms with E-state index in [2.05, 4.69) is 21.9 Å². The Labute approximate surface area is 206 Å². The molecule has 3 aliphatic rings. The molecule has 1 aromatic carbocycles. The number of hydrogen-bond acceptors (Lipinski definition) is 6. The number of fused-ring (bicyclic) bond motifs is 1. The number of carbonyl (C=O) groups excluding carboxylic acids is 1. The Morgan fingerprint density at radius 2 is 1.63 bits per heavy atom. The summed E-state index contributed by atoms with van der Waals surface area (Å²) in [4.78, 5) is 27.7. The number of ether oxygens (including phenoxy) is 1. The van der Waals surface area contributed by atoms with Crippen LogP contribution in [0.3, 0.4) is 0 Å². The minimum atomic E-state index is 0.227. The molecular formula is C27H34N6O2. The lowest BCUT2D eigenvalue weighted by molar-refractivity contribution is -0.136. The molecule has 3 fully saturated rings. The van der Waals surface area contributed by atoms with E-state index in [1.54, 1.807) is 0 Å². The second-order valence-electron chi connectivity index (χ2n) is 10.1. The maximum Gasteiger partial charge on any atom is 0.225 e. The van der Waals surface area contributed by atoms with Crippen LogP contribution >= 0.6 is 0 Å². The van der Waals surface area contributed by atoms with Crippen molar-refractivity contribution in [2.45, 2.75) is 50.9 Å². The van der Waals surface area contributed by atoms with Gasteiger partial charge in [-0.2, -0.15) is 5.10 Å². The van der Waals surface area contributed by atoms with Crippen molar-refractivity contribution in [1.29, 1.82) is 0 Å². The van der Waals surface area contributed by atoms with Gasteiger partial charge in [0.05, 0.1) is 17.3 Å². The molecule has 184 valence electrons. The lowest BCUT2D eigenvalue weighted by Crippen LogP contribution is -2.51. The summed E-state index contributed by atoms with van der Waals surface area (Å²) in [7, 11) is 0. The van der Waals surface area contributed by atoms with Gasteiger partial charge < -0.3 is 14.5 Å². The van der Waals surface area contributed by atoms with Crippen molar-refractivity contribution in [2.75, 3.05) is 44.3 Å². The van der Waals surface area contributed by atoms with Gasteiger partial charge in [0.25, 0.3) is 0 Å². The number of piperazine rings is 1. The van der Waals surface area contributed by atoms with Crippen LogP contribution in [0.15, 0.2) is 36.5 Å². The number of para-hydroxylation sites is 1. The molecule has 6 rings (SSSR count). The second kappa shape index (κ2) is 9.93. The van der Waals surface area contributed by atoms with Crippen LogP contribution in [0.5, 0.6) is 0 Å². The summed E-state index contributed by atoms with van der Waals surface area (Å²) in [5.41, 5.74) is 1.84. The Morgan fingerprint density at radius 1 is 0.886 bits per heavy atom. The van der Waals surface area contributed by atoms with Crippen LogP contribution < -0.4 is 4.90 Å². The average molecular weight is 475 g/mol. The molecule has 3 aromatic rings. The fraction of sp³-hybridized carbons (Fsp3) is 0.556. The average Bonchev–Trinajstić information content (AvgIpc) is 3.38. The van der Waals surface area contributed by atoms with E-state index < -0.39 is 0 Å². The Balaban J connectivity index is 1.30. The molecule has 8 nitrogen and oxygen atoms in total. The zero-order chi connectivity index (χ0) is 23.6. The molecule has 2 saturated heterocycles. The molecule has 4 heterocycles. The Hall–Kier alpha value is -3.00. The smallest absolute Gasteiger partial charge is 0.225 e. The largest absolute Gasteiger partial charge is 0.381 e. The van der Waals surface area contributed by atoms with Gasteiger partial charge in [0, 0.05) is 51.2 Å².